The number of likely N-dealkylation sites (N-methyl/N-ethyl adjacent to an activating group) is 1. The predicted molar refractivity (Wildman–Crippen MR) is 85.0 cm³/mol. The molecule has 0 amide bonds. The summed E-state index contributed by atoms with van der Waals surface area (Å²) in [5, 5.41) is 3.44. The Hall–Kier alpha value is -1.46. The van der Waals surface area contributed by atoms with Gasteiger partial charge in [-0.1, -0.05) is 28.9 Å². The topological polar surface area (TPSA) is 34.2 Å². The average molecular weight is 353 g/mol. The molecule has 0 aliphatic carbocycles. The van der Waals surface area contributed by atoms with Crippen LogP contribution in [-0.2, 0) is 6.42 Å². The standard InChI is InChI=1S/C16H18BrFN2O/c1-3-20-15(13-6-7-19-10-16(13)21-2)8-11-4-5-12(18)9-14(11)17/h4-7,9-10,15,20H,3,8H2,1-2H3. The molecule has 1 N–H and O–H groups in total. The molecule has 21 heavy (non-hydrogen) atoms. The van der Waals surface area contributed by atoms with E-state index in [-0.39, 0.29) is 11.9 Å². The molecule has 1 atom stereocenters. The van der Waals surface area contributed by atoms with Crippen LogP contribution in [0.15, 0.2) is 41.1 Å². The summed E-state index contributed by atoms with van der Waals surface area (Å²) in [6, 6.07) is 6.80. The molecule has 1 unspecified atom stereocenters. The van der Waals surface area contributed by atoms with Gasteiger partial charge in [0.25, 0.3) is 0 Å². The summed E-state index contributed by atoms with van der Waals surface area (Å²) in [5.74, 6) is 0.508. The van der Waals surface area contributed by atoms with Crippen LogP contribution in [0.5, 0.6) is 5.75 Å². The van der Waals surface area contributed by atoms with Gasteiger partial charge in [0.1, 0.15) is 11.6 Å². The molecule has 1 heterocycles. The van der Waals surface area contributed by atoms with Crippen molar-refractivity contribution in [3.8, 4) is 5.75 Å². The molecule has 0 spiro atoms. The van der Waals surface area contributed by atoms with E-state index in [0.717, 1.165) is 34.3 Å². The van der Waals surface area contributed by atoms with E-state index in [4.69, 9.17) is 4.74 Å². The van der Waals surface area contributed by atoms with Crippen molar-refractivity contribution < 1.29 is 9.13 Å². The Labute approximate surface area is 132 Å². The summed E-state index contributed by atoms with van der Waals surface area (Å²) in [6.07, 6.45) is 4.19. The summed E-state index contributed by atoms with van der Waals surface area (Å²) < 4.78 is 19.4. The van der Waals surface area contributed by atoms with Gasteiger partial charge in [-0.15, -0.1) is 0 Å². The highest BCUT2D eigenvalue weighted by molar-refractivity contribution is 9.10. The number of rotatable bonds is 6. The molecule has 0 saturated heterocycles. The van der Waals surface area contributed by atoms with Gasteiger partial charge < -0.3 is 10.1 Å². The summed E-state index contributed by atoms with van der Waals surface area (Å²) in [4.78, 5) is 4.08. The molecule has 1 aromatic carbocycles. The zero-order chi connectivity index (χ0) is 15.2. The van der Waals surface area contributed by atoms with Crippen molar-refractivity contribution in [3.05, 3.63) is 58.1 Å². The molecular weight excluding hydrogens is 335 g/mol. The number of aromatic nitrogens is 1. The first-order chi connectivity index (χ1) is 10.2. The van der Waals surface area contributed by atoms with Crippen LogP contribution in [0.4, 0.5) is 4.39 Å². The van der Waals surface area contributed by atoms with E-state index in [1.807, 2.05) is 6.07 Å². The fourth-order valence-electron chi connectivity index (χ4n) is 2.29. The van der Waals surface area contributed by atoms with E-state index in [2.05, 4.69) is 33.2 Å². The maximum atomic E-state index is 13.2. The number of ether oxygens (including phenoxy) is 1. The Kier molecular flexibility index (Phi) is 5.70. The molecule has 0 aliphatic rings. The first-order valence-corrected chi connectivity index (χ1v) is 7.60. The summed E-state index contributed by atoms with van der Waals surface area (Å²) in [5.41, 5.74) is 2.09. The maximum Gasteiger partial charge on any atom is 0.141 e. The van der Waals surface area contributed by atoms with Crippen molar-refractivity contribution in [2.24, 2.45) is 0 Å². The first-order valence-electron chi connectivity index (χ1n) is 6.81. The van der Waals surface area contributed by atoms with Crippen LogP contribution in [0.3, 0.4) is 0 Å². The van der Waals surface area contributed by atoms with Crippen LogP contribution in [0, 0.1) is 5.82 Å². The molecule has 2 rings (SSSR count). The Bertz CT molecular complexity index is 607. The van der Waals surface area contributed by atoms with E-state index in [1.54, 1.807) is 25.6 Å². The van der Waals surface area contributed by atoms with Crippen molar-refractivity contribution in [3.63, 3.8) is 0 Å². The van der Waals surface area contributed by atoms with Gasteiger partial charge >= 0.3 is 0 Å². The zero-order valence-corrected chi connectivity index (χ0v) is 13.7. The number of hydrogen-bond donors (Lipinski definition) is 1. The lowest BCUT2D eigenvalue weighted by atomic mass is 9.99. The van der Waals surface area contributed by atoms with E-state index >= 15 is 0 Å². The molecule has 0 saturated carbocycles. The molecule has 0 fully saturated rings. The first kappa shape index (κ1) is 15.9. The molecule has 0 aliphatic heterocycles. The highest BCUT2D eigenvalue weighted by atomic mass is 79.9. The number of benzene rings is 1. The van der Waals surface area contributed by atoms with Crippen molar-refractivity contribution in [1.82, 2.24) is 10.3 Å². The minimum Gasteiger partial charge on any atom is -0.495 e. The second kappa shape index (κ2) is 7.52. The Balaban J connectivity index is 2.30. The molecule has 112 valence electrons. The van der Waals surface area contributed by atoms with Gasteiger partial charge in [0, 0.05) is 22.3 Å². The zero-order valence-electron chi connectivity index (χ0n) is 12.1. The van der Waals surface area contributed by atoms with Crippen molar-refractivity contribution in [2.45, 2.75) is 19.4 Å². The number of methoxy groups -OCH3 is 1. The lowest BCUT2D eigenvalue weighted by Gasteiger charge is -2.21. The third kappa shape index (κ3) is 4.02. The average Bonchev–Trinajstić information content (AvgIpc) is 2.49. The van der Waals surface area contributed by atoms with Crippen LogP contribution >= 0.6 is 15.9 Å². The second-order valence-corrected chi connectivity index (χ2v) is 5.52. The van der Waals surface area contributed by atoms with Gasteiger partial charge in [0.05, 0.1) is 13.3 Å². The summed E-state index contributed by atoms with van der Waals surface area (Å²) in [7, 11) is 1.64. The van der Waals surface area contributed by atoms with Gasteiger partial charge in [-0.3, -0.25) is 4.98 Å². The van der Waals surface area contributed by atoms with Crippen LogP contribution in [0.25, 0.3) is 0 Å². The lowest BCUT2D eigenvalue weighted by Crippen LogP contribution is -2.23. The quantitative estimate of drug-likeness (QED) is 0.856. The fourth-order valence-corrected chi connectivity index (χ4v) is 2.81. The largest absolute Gasteiger partial charge is 0.495 e. The number of hydrogen-bond acceptors (Lipinski definition) is 3. The van der Waals surface area contributed by atoms with E-state index < -0.39 is 0 Å². The van der Waals surface area contributed by atoms with E-state index in [0.29, 0.717) is 0 Å². The third-order valence-corrected chi connectivity index (χ3v) is 4.04. The normalized spacial score (nSPS) is 12.2. The van der Waals surface area contributed by atoms with Gasteiger partial charge in [-0.2, -0.15) is 0 Å². The Morgan fingerprint density at radius 3 is 2.86 bits per heavy atom. The third-order valence-electron chi connectivity index (χ3n) is 3.30. The number of nitrogens with zero attached hydrogens (tertiary/aromatic N) is 1. The lowest BCUT2D eigenvalue weighted by molar-refractivity contribution is 0.397. The highest BCUT2D eigenvalue weighted by Gasteiger charge is 2.17. The van der Waals surface area contributed by atoms with Gasteiger partial charge in [0.2, 0.25) is 0 Å². The van der Waals surface area contributed by atoms with Crippen molar-refractivity contribution in [1.29, 1.82) is 0 Å². The molecule has 2 aromatic rings. The minimum absolute atomic E-state index is 0.0784. The van der Waals surface area contributed by atoms with Crippen LogP contribution in [-0.4, -0.2) is 18.6 Å². The van der Waals surface area contributed by atoms with E-state index in [1.165, 1.54) is 12.1 Å². The monoisotopic (exact) mass is 352 g/mol. The molecular formula is C16H18BrFN2O. The van der Waals surface area contributed by atoms with Gasteiger partial charge in [0.15, 0.2) is 0 Å². The number of pyridine rings is 1. The van der Waals surface area contributed by atoms with Crippen LogP contribution in [0.2, 0.25) is 0 Å². The van der Waals surface area contributed by atoms with Crippen molar-refractivity contribution >= 4 is 15.9 Å². The van der Waals surface area contributed by atoms with Gasteiger partial charge in [-0.25, -0.2) is 4.39 Å². The van der Waals surface area contributed by atoms with Crippen LogP contribution < -0.4 is 10.1 Å². The van der Waals surface area contributed by atoms with Gasteiger partial charge in [-0.05, 0) is 36.7 Å². The number of halogens is 2. The molecule has 0 bridgehead atoms. The molecule has 0 radical (unpaired) electrons. The van der Waals surface area contributed by atoms with E-state index in [9.17, 15) is 4.39 Å². The molecule has 1 aromatic heterocycles. The SMILES string of the molecule is CCNC(Cc1ccc(F)cc1Br)c1ccncc1OC. The smallest absolute Gasteiger partial charge is 0.141 e. The number of nitrogens with one attached hydrogen (secondary N) is 1. The second-order valence-electron chi connectivity index (χ2n) is 4.67. The van der Waals surface area contributed by atoms with Crippen molar-refractivity contribution in [2.75, 3.05) is 13.7 Å². The maximum absolute atomic E-state index is 13.2. The predicted octanol–water partition coefficient (Wildman–Crippen LogP) is 3.89. The summed E-state index contributed by atoms with van der Waals surface area (Å²) in [6.45, 7) is 2.88. The van der Waals surface area contributed by atoms with Crippen LogP contribution in [0.1, 0.15) is 24.1 Å². The molecule has 5 heteroatoms. The molecule has 3 nitrogen and oxygen atoms in total. The summed E-state index contributed by atoms with van der Waals surface area (Å²) >= 11 is 3.42. The highest BCUT2D eigenvalue weighted by Crippen LogP contribution is 2.29. The minimum atomic E-state index is -0.243. The Morgan fingerprint density at radius 2 is 2.19 bits per heavy atom. The fraction of sp³-hybridized carbons (Fsp3) is 0.312. The Morgan fingerprint density at radius 1 is 1.38 bits per heavy atom.